The van der Waals surface area contributed by atoms with Crippen LogP contribution in [0.15, 0.2) is 61.2 Å². The summed E-state index contributed by atoms with van der Waals surface area (Å²) in [6, 6.07) is 13.5. The third-order valence-electron chi connectivity index (χ3n) is 5.82. The minimum atomic E-state index is -1.02. The van der Waals surface area contributed by atoms with Gasteiger partial charge >= 0.3 is 5.97 Å². The van der Waals surface area contributed by atoms with Crippen LogP contribution in [0.25, 0.3) is 11.3 Å². The Balaban J connectivity index is 1.45. The first-order valence-electron chi connectivity index (χ1n) is 11.2. The molecule has 0 aliphatic heterocycles. The summed E-state index contributed by atoms with van der Waals surface area (Å²) in [4.78, 5) is 20.0. The number of fused-ring (bicyclic) bond motifs is 3. The smallest absolute Gasteiger partial charge is 0.356 e. The molecule has 1 aliphatic rings. The van der Waals surface area contributed by atoms with Gasteiger partial charge in [-0.15, -0.1) is 0 Å². The van der Waals surface area contributed by atoms with Crippen LogP contribution in [0.1, 0.15) is 32.7 Å². The molecule has 9 heteroatoms. The van der Waals surface area contributed by atoms with Crippen molar-refractivity contribution >= 4 is 5.97 Å². The second-order valence-electron chi connectivity index (χ2n) is 8.19. The lowest BCUT2D eigenvalue weighted by atomic mass is 9.88. The first-order valence-corrected chi connectivity index (χ1v) is 11.2. The van der Waals surface area contributed by atoms with Crippen LogP contribution >= 0.6 is 0 Å². The van der Waals surface area contributed by atoms with Crippen LogP contribution in [0.2, 0.25) is 0 Å². The quantitative estimate of drug-likeness (QED) is 0.367. The van der Waals surface area contributed by atoms with E-state index in [0.717, 1.165) is 39.3 Å². The number of aryl methyl sites for hydroxylation is 1. The Kier molecular flexibility index (Phi) is 6.40. The molecule has 1 aliphatic carbocycles. The fourth-order valence-corrected chi connectivity index (χ4v) is 4.29. The minimum Gasteiger partial charge on any atom is -0.489 e. The zero-order valence-electron chi connectivity index (χ0n) is 19.2. The van der Waals surface area contributed by atoms with Crippen LogP contribution in [0, 0.1) is 0 Å². The Morgan fingerprint density at radius 2 is 1.86 bits per heavy atom. The molecule has 0 fully saturated rings. The summed E-state index contributed by atoms with van der Waals surface area (Å²) >= 11 is 0. The van der Waals surface area contributed by atoms with Crippen LogP contribution in [0.5, 0.6) is 11.5 Å². The number of ether oxygens (including phenoxy) is 3. The number of aromatic carboxylic acids is 1. The number of hydrogen-bond donors (Lipinski definition) is 1. The van der Waals surface area contributed by atoms with Crippen molar-refractivity contribution in [2.75, 3.05) is 13.9 Å². The van der Waals surface area contributed by atoms with E-state index in [1.165, 1.54) is 6.33 Å². The molecule has 0 spiro atoms. The molecule has 178 valence electrons. The van der Waals surface area contributed by atoms with E-state index in [4.69, 9.17) is 14.2 Å². The summed E-state index contributed by atoms with van der Waals surface area (Å²) in [6.07, 6.45) is 6.23. The maximum atomic E-state index is 12.0. The van der Waals surface area contributed by atoms with E-state index in [1.807, 2.05) is 42.5 Å². The predicted molar refractivity (Wildman–Crippen MR) is 126 cm³/mol. The summed E-state index contributed by atoms with van der Waals surface area (Å²) in [6.45, 7) is 0.928. The zero-order chi connectivity index (χ0) is 24.2. The summed E-state index contributed by atoms with van der Waals surface area (Å²) in [7, 11) is 1.57. The van der Waals surface area contributed by atoms with Gasteiger partial charge in [0, 0.05) is 36.2 Å². The monoisotopic (exact) mass is 472 g/mol. The highest BCUT2D eigenvalue weighted by Crippen LogP contribution is 2.37. The molecule has 2 aromatic carbocycles. The number of carboxylic acid groups (broad SMARTS) is 1. The molecule has 2 heterocycles. The van der Waals surface area contributed by atoms with Gasteiger partial charge in [-0.1, -0.05) is 12.1 Å². The summed E-state index contributed by atoms with van der Waals surface area (Å²) in [5.41, 5.74) is 5.57. The molecule has 0 radical (unpaired) electrons. The number of methoxy groups -OCH3 is 1. The van der Waals surface area contributed by atoms with Gasteiger partial charge in [-0.25, -0.2) is 14.8 Å². The van der Waals surface area contributed by atoms with Crippen LogP contribution in [0.4, 0.5) is 0 Å². The molecule has 0 saturated heterocycles. The third-order valence-corrected chi connectivity index (χ3v) is 5.82. The van der Waals surface area contributed by atoms with E-state index in [2.05, 4.69) is 15.1 Å². The van der Waals surface area contributed by atoms with Gasteiger partial charge in [0.15, 0.2) is 12.5 Å². The second-order valence-corrected chi connectivity index (χ2v) is 8.19. The number of carbonyl (C=O) groups is 1. The summed E-state index contributed by atoms with van der Waals surface area (Å²) in [5, 5.41) is 14.3. The van der Waals surface area contributed by atoms with Crippen molar-refractivity contribution in [3.05, 3.63) is 89.1 Å². The zero-order valence-corrected chi connectivity index (χ0v) is 19.2. The fourth-order valence-electron chi connectivity index (χ4n) is 4.29. The molecule has 0 bridgehead atoms. The lowest BCUT2D eigenvalue weighted by molar-refractivity contribution is 0.0510. The van der Waals surface area contributed by atoms with Crippen LogP contribution in [-0.4, -0.2) is 44.7 Å². The molecule has 4 aromatic rings. The molecule has 0 atom stereocenters. The number of carboxylic acids is 1. The van der Waals surface area contributed by atoms with Crippen molar-refractivity contribution in [3.8, 4) is 22.8 Å². The Hall–Kier alpha value is -4.24. The Labute approximate surface area is 201 Å². The van der Waals surface area contributed by atoms with E-state index in [1.54, 1.807) is 24.2 Å². The van der Waals surface area contributed by atoms with E-state index in [-0.39, 0.29) is 12.5 Å². The Morgan fingerprint density at radius 3 is 2.66 bits per heavy atom. The lowest BCUT2D eigenvalue weighted by Gasteiger charge is -2.20. The van der Waals surface area contributed by atoms with Crippen molar-refractivity contribution in [3.63, 3.8) is 0 Å². The molecule has 1 N–H and O–H groups in total. The van der Waals surface area contributed by atoms with Gasteiger partial charge in [0.25, 0.3) is 0 Å². The predicted octanol–water partition coefficient (Wildman–Crippen LogP) is 3.75. The number of aromatic nitrogens is 4. The molecule has 35 heavy (non-hydrogen) atoms. The van der Waals surface area contributed by atoms with Crippen LogP contribution in [0.3, 0.4) is 0 Å². The van der Waals surface area contributed by atoms with Gasteiger partial charge in [0.2, 0.25) is 0 Å². The standard InChI is InChI=1S/C26H24N4O5/c1-33-16-35-20-4-2-3-17(9-20)13-30-25-22-8-6-21(34-14-18-11-27-15-28-12-18)10-19(22)5-7-23(25)24(29-30)26(31)32/h2-4,6,8-12,15H,5,7,13-14,16H2,1H3,(H,31,32). The average molecular weight is 473 g/mol. The van der Waals surface area contributed by atoms with Crippen LogP contribution in [-0.2, 0) is 30.7 Å². The highest BCUT2D eigenvalue weighted by Gasteiger charge is 2.28. The highest BCUT2D eigenvalue weighted by molar-refractivity contribution is 5.90. The van der Waals surface area contributed by atoms with E-state index < -0.39 is 5.97 Å². The molecule has 2 aromatic heterocycles. The Bertz CT molecular complexity index is 1350. The summed E-state index contributed by atoms with van der Waals surface area (Å²) < 4.78 is 18.2. The maximum absolute atomic E-state index is 12.0. The largest absolute Gasteiger partial charge is 0.489 e. The molecule has 0 amide bonds. The van der Waals surface area contributed by atoms with Crippen molar-refractivity contribution in [2.45, 2.75) is 26.0 Å². The number of benzene rings is 2. The third kappa shape index (κ3) is 4.85. The van der Waals surface area contributed by atoms with Crippen molar-refractivity contribution in [1.82, 2.24) is 19.7 Å². The second kappa shape index (κ2) is 9.94. The van der Waals surface area contributed by atoms with Gasteiger partial charge in [0.1, 0.15) is 24.4 Å². The highest BCUT2D eigenvalue weighted by atomic mass is 16.7. The van der Waals surface area contributed by atoms with E-state index in [9.17, 15) is 9.90 Å². The normalized spacial score (nSPS) is 12.0. The van der Waals surface area contributed by atoms with Crippen molar-refractivity contribution in [1.29, 1.82) is 0 Å². The Morgan fingerprint density at radius 1 is 1.03 bits per heavy atom. The van der Waals surface area contributed by atoms with Gasteiger partial charge in [-0.3, -0.25) is 4.68 Å². The lowest BCUT2D eigenvalue weighted by Crippen LogP contribution is -2.10. The topological polar surface area (TPSA) is 109 Å². The van der Waals surface area contributed by atoms with E-state index >= 15 is 0 Å². The van der Waals surface area contributed by atoms with Gasteiger partial charge in [-0.05, 0) is 54.3 Å². The van der Waals surface area contributed by atoms with Crippen molar-refractivity contribution < 1.29 is 24.1 Å². The fraction of sp³-hybridized carbons (Fsp3) is 0.231. The first-order chi connectivity index (χ1) is 17.1. The number of hydrogen-bond acceptors (Lipinski definition) is 7. The number of nitrogens with zero attached hydrogens (tertiary/aromatic N) is 4. The molecule has 9 nitrogen and oxygen atoms in total. The van der Waals surface area contributed by atoms with Gasteiger partial charge < -0.3 is 19.3 Å². The maximum Gasteiger partial charge on any atom is 0.356 e. The van der Waals surface area contributed by atoms with Crippen LogP contribution < -0.4 is 9.47 Å². The SMILES string of the molecule is COCOc1cccc(Cn2nc(C(=O)O)c3c2-c2ccc(OCc4cncnc4)cc2CC3)c1. The van der Waals surface area contributed by atoms with Crippen molar-refractivity contribution in [2.24, 2.45) is 0 Å². The summed E-state index contributed by atoms with van der Waals surface area (Å²) in [5.74, 6) is 0.393. The first kappa shape index (κ1) is 22.5. The minimum absolute atomic E-state index is 0.0989. The molecular weight excluding hydrogens is 448 g/mol. The molecular formula is C26H24N4O5. The van der Waals surface area contributed by atoms with Gasteiger partial charge in [-0.2, -0.15) is 5.10 Å². The van der Waals surface area contributed by atoms with E-state index in [0.29, 0.717) is 31.7 Å². The molecule has 5 rings (SSSR count). The van der Waals surface area contributed by atoms with Gasteiger partial charge in [0.05, 0.1) is 12.2 Å². The number of rotatable bonds is 9. The molecule has 0 unspecified atom stereocenters. The average Bonchev–Trinajstić information content (AvgIpc) is 3.26. The molecule has 0 saturated carbocycles.